The molecule has 33 heavy (non-hydrogen) atoms. The number of aryl methyl sites for hydroxylation is 1. The number of furan rings is 1. The van der Waals surface area contributed by atoms with Crippen LogP contribution in [0.1, 0.15) is 42.6 Å². The van der Waals surface area contributed by atoms with Crippen molar-refractivity contribution in [2.45, 2.75) is 34.2 Å². The second kappa shape index (κ2) is 13.1. The van der Waals surface area contributed by atoms with E-state index in [1.807, 2.05) is 19.1 Å². The van der Waals surface area contributed by atoms with Crippen molar-refractivity contribution in [2.75, 3.05) is 19.4 Å². The number of benzene rings is 1. The summed E-state index contributed by atoms with van der Waals surface area (Å²) in [6.07, 6.45) is 8.00. The van der Waals surface area contributed by atoms with E-state index in [1.165, 1.54) is 11.0 Å². The van der Waals surface area contributed by atoms with Gasteiger partial charge in [-0.1, -0.05) is 26.8 Å². The number of amides is 1. The molecule has 1 aromatic carbocycles. The molecule has 1 aliphatic rings. The maximum atomic E-state index is 12.1. The van der Waals surface area contributed by atoms with Gasteiger partial charge in [-0.15, -0.1) is 21.6 Å². The summed E-state index contributed by atoms with van der Waals surface area (Å²) in [5.74, 6) is 2.20. The Kier molecular flexibility index (Phi) is 10.9. The number of anilines is 1. The Labute approximate surface area is 197 Å². The smallest absolute Gasteiger partial charge is 0.269 e. The minimum atomic E-state index is -1.77. The number of nitrogens with one attached hydrogen (secondary N) is 2. The van der Waals surface area contributed by atoms with Crippen molar-refractivity contribution >= 4 is 34.4 Å². The standard InChI is InChI=1S/C17H19N5O4S.C4H10.C2H2/c1-10-7-8-11(26-10)9-18-15-16(21-27(25)20-15)19-13-6-4-5-12(14(13)23)17(24)22(2)3;1-4(2)3;1-2/h4-8,23H,9H2,1-3H3,(H,18,20)(H,19,21);4H,1-3H3;1-2H. The summed E-state index contributed by atoms with van der Waals surface area (Å²) in [5.41, 5.74) is 0.394. The van der Waals surface area contributed by atoms with Crippen LogP contribution >= 0.6 is 0 Å². The Morgan fingerprint density at radius 1 is 1.15 bits per heavy atom. The minimum absolute atomic E-state index is 0.141. The highest BCUT2D eigenvalue weighted by atomic mass is 32.2. The SMILES string of the molecule is C#C.CC(C)C.Cc1ccc(CNC2=NS(=O)N=C2Nc2cccc(C(=O)N(C)C)c2O)o1. The number of para-hydroxylation sites is 1. The summed E-state index contributed by atoms with van der Waals surface area (Å²) in [5, 5.41) is 16.3. The molecular formula is C23H31N5O4S. The first-order valence-corrected chi connectivity index (χ1v) is 11.2. The van der Waals surface area contributed by atoms with Crippen molar-refractivity contribution in [3.63, 3.8) is 0 Å². The predicted octanol–water partition coefficient (Wildman–Crippen LogP) is 3.50. The van der Waals surface area contributed by atoms with E-state index in [0.29, 0.717) is 12.3 Å². The Morgan fingerprint density at radius 3 is 2.30 bits per heavy atom. The number of hydrogen-bond donors (Lipinski definition) is 3. The zero-order valence-electron chi connectivity index (χ0n) is 19.7. The molecule has 1 amide bonds. The second-order valence-electron chi connectivity index (χ2n) is 7.73. The average Bonchev–Trinajstić information content (AvgIpc) is 3.33. The van der Waals surface area contributed by atoms with E-state index in [0.717, 1.165) is 11.7 Å². The lowest BCUT2D eigenvalue weighted by Gasteiger charge is -2.15. The third-order valence-electron chi connectivity index (χ3n) is 3.71. The molecule has 0 fully saturated rings. The van der Waals surface area contributed by atoms with E-state index < -0.39 is 11.2 Å². The van der Waals surface area contributed by atoms with Gasteiger partial charge in [-0.25, -0.2) is 4.21 Å². The first kappa shape index (κ1) is 27.5. The van der Waals surface area contributed by atoms with E-state index in [-0.39, 0.29) is 34.6 Å². The first-order valence-electron chi connectivity index (χ1n) is 10.1. The van der Waals surface area contributed by atoms with Gasteiger partial charge in [0.1, 0.15) is 11.5 Å². The van der Waals surface area contributed by atoms with Gasteiger partial charge in [-0.3, -0.25) is 4.79 Å². The quantitative estimate of drug-likeness (QED) is 0.462. The predicted molar refractivity (Wildman–Crippen MR) is 133 cm³/mol. The van der Waals surface area contributed by atoms with Crippen LogP contribution in [0.2, 0.25) is 0 Å². The molecule has 1 unspecified atom stereocenters. The summed E-state index contributed by atoms with van der Waals surface area (Å²) in [4.78, 5) is 13.5. The Balaban J connectivity index is 0.000000820. The highest BCUT2D eigenvalue weighted by Crippen LogP contribution is 2.28. The molecule has 2 aromatic rings. The Morgan fingerprint density at radius 2 is 1.76 bits per heavy atom. The highest BCUT2D eigenvalue weighted by Gasteiger charge is 2.22. The number of terminal acetylenes is 1. The van der Waals surface area contributed by atoms with Crippen LogP contribution < -0.4 is 10.6 Å². The molecule has 2 heterocycles. The van der Waals surface area contributed by atoms with Crippen LogP contribution in [0.5, 0.6) is 5.75 Å². The molecule has 3 rings (SSSR count). The van der Waals surface area contributed by atoms with E-state index in [1.54, 1.807) is 26.2 Å². The summed E-state index contributed by atoms with van der Waals surface area (Å²) >= 11 is -1.77. The highest BCUT2D eigenvalue weighted by molar-refractivity contribution is 7.83. The van der Waals surface area contributed by atoms with Crippen LogP contribution in [-0.4, -0.2) is 45.9 Å². The molecule has 1 aromatic heterocycles. The lowest BCUT2D eigenvalue weighted by molar-refractivity contribution is 0.0824. The first-order chi connectivity index (χ1) is 15.6. The monoisotopic (exact) mass is 473 g/mol. The van der Waals surface area contributed by atoms with Crippen molar-refractivity contribution in [2.24, 2.45) is 14.7 Å². The molecule has 0 bridgehead atoms. The molecule has 3 N–H and O–H groups in total. The van der Waals surface area contributed by atoms with Gasteiger partial charge in [-0.05, 0) is 37.1 Å². The number of phenols is 1. The zero-order valence-corrected chi connectivity index (χ0v) is 20.6. The molecule has 0 aliphatic carbocycles. The third kappa shape index (κ3) is 8.46. The molecule has 10 heteroatoms. The number of nitrogens with zero attached hydrogens (tertiary/aromatic N) is 3. The molecule has 178 valence electrons. The van der Waals surface area contributed by atoms with Crippen molar-refractivity contribution in [3.8, 4) is 18.6 Å². The molecule has 0 radical (unpaired) electrons. The van der Waals surface area contributed by atoms with Crippen LogP contribution in [-0.2, 0) is 17.7 Å². The number of rotatable bonds is 4. The number of amidine groups is 2. The fourth-order valence-corrected chi connectivity index (χ4v) is 3.03. The Hall–Kier alpha value is -3.58. The van der Waals surface area contributed by atoms with Crippen molar-refractivity contribution < 1.29 is 18.5 Å². The zero-order chi connectivity index (χ0) is 25.1. The lowest BCUT2D eigenvalue weighted by Crippen LogP contribution is -2.33. The van der Waals surface area contributed by atoms with Gasteiger partial charge in [0.05, 0.1) is 17.8 Å². The van der Waals surface area contributed by atoms with Gasteiger partial charge >= 0.3 is 0 Å². The van der Waals surface area contributed by atoms with Gasteiger partial charge in [0.15, 0.2) is 17.4 Å². The van der Waals surface area contributed by atoms with Crippen LogP contribution in [0.3, 0.4) is 0 Å². The summed E-state index contributed by atoms with van der Waals surface area (Å²) in [6, 6.07) is 8.38. The summed E-state index contributed by atoms with van der Waals surface area (Å²) in [6.45, 7) is 8.67. The molecule has 1 atom stereocenters. The van der Waals surface area contributed by atoms with Crippen LogP contribution in [0.15, 0.2) is 43.5 Å². The Bertz CT molecular complexity index is 1050. The van der Waals surface area contributed by atoms with Crippen molar-refractivity contribution in [1.29, 1.82) is 0 Å². The van der Waals surface area contributed by atoms with Crippen LogP contribution in [0.25, 0.3) is 0 Å². The lowest BCUT2D eigenvalue weighted by atomic mass is 10.1. The molecule has 0 spiro atoms. The maximum Gasteiger partial charge on any atom is 0.269 e. The van der Waals surface area contributed by atoms with Crippen LogP contribution in [0, 0.1) is 25.7 Å². The second-order valence-corrected chi connectivity index (χ2v) is 8.56. The van der Waals surface area contributed by atoms with Gasteiger partial charge in [-0.2, -0.15) is 0 Å². The molecule has 1 aliphatic heterocycles. The van der Waals surface area contributed by atoms with E-state index in [9.17, 15) is 14.1 Å². The number of aromatic hydroxyl groups is 1. The van der Waals surface area contributed by atoms with Gasteiger partial charge in [0.2, 0.25) is 0 Å². The van der Waals surface area contributed by atoms with Crippen LogP contribution in [0.4, 0.5) is 5.69 Å². The van der Waals surface area contributed by atoms with E-state index in [2.05, 4.69) is 53.0 Å². The summed E-state index contributed by atoms with van der Waals surface area (Å²) < 4.78 is 25.0. The fraction of sp³-hybridized carbons (Fsp3) is 0.348. The number of carbonyl (C=O) groups excluding carboxylic acids is 1. The molecular weight excluding hydrogens is 442 g/mol. The number of hydrogen-bond acceptors (Lipinski definition) is 6. The molecule has 0 saturated carbocycles. The number of carbonyl (C=O) groups is 1. The summed E-state index contributed by atoms with van der Waals surface area (Å²) in [7, 11) is 3.19. The van der Waals surface area contributed by atoms with Gasteiger partial charge < -0.3 is 25.1 Å². The molecule has 0 saturated heterocycles. The van der Waals surface area contributed by atoms with Gasteiger partial charge in [0, 0.05) is 14.1 Å². The van der Waals surface area contributed by atoms with Crippen molar-refractivity contribution in [1.82, 2.24) is 10.2 Å². The van der Waals surface area contributed by atoms with Gasteiger partial charge in [0.25, 0.3) is 17.1 Å². The maximum absolute atomic E-state index is 12.1. The topological polar surface area (TPSA) is 120 Å². The number of phenolic OH excluding ortho intramolecular Hbond substituents is 1. The minimum Gasteiger partial charge on any atom is -0.505 e. The molecule has 9 nitrogen and oxygen atoms in total. The van der Waals surface area contributed by atoms with E-state index >= 15 is 0 Å². The van der Waals surface area contributed by atoms with E-state index in [4.69, 9.17) is 4.42 Å². The third-order valence-corrected chi connectivity index (χ3v) is 4.39. The average molecular weight is 474 g/mol. The van der Waals surface area contributed by atoms with Crippen molar-refractivity contribution in [3.05, 3.63) is 47.4 Å². The fourth-order valence-electron chi connectivity index (χ4n) is 2.40. The normalized spacial score (nSPS) is 14.2. The largest absolute Gasteiger partial charge is 0.505 e.